The average molecular weight is 415 g/mol. The lowest BCUT2D eigenvalue weighted by Crippen LogP contribution is -2.21. The molecule has 8 heteroatoms. The topological polar surface area (TPSA) is 53.1 Å². The van der Waals surface area contributed by atoms with Gasteiger partial charge >= 0.3 is 6.18 Å². The molecule has 0 bridgehead atoms. The number of nitrogens with one attached hydrogen (secondary N) is 2. The van der Waals surface area contributed by atoms with Crippen molar-refractivity contribution in [1.82, 2.24) is 14.9 Å². The highest BCUT2D eigenvalue weighted by Gasteiger charge is 2.30. The molecule has 0 saturated carbocycles. The smallest absolute Gasteiger partial charge is 0.353 e. The fraction of sp³-hybridized carbons (Fsp3) is 0.273. The second-order valence-electron chi connectivity index (χ2n) is 7.21. The van der Waals surface area contributed by atoms with Crippen LogP contribution in [-0.2, 0) is 6.18 Å². The first-order valence-corrected chi connectivity index (χ1v) is 9.50. The van der Waals surface area contributed by atoms with Gasteiger partial charge in [-0.1, -0.05) is 36.4 Å². The van der Waals surface area contributed by atoms with Crippen LogP contribution in [0.4, 0.5) is 30.6 Å². The van der Waals surface area contributed by atoms with Crippen LogP contribution < -0.4 is 10.6 Å². The lowest BCUT2D eigenvalue weighted by Gasteiger charge is -2.15. The Morgan fingerprint density at radius 1 is 0.967 bits per heavy atom. The molecule has 0 atom stereocenters. The zero-order valence-electron chi connectivity index (χ0n) is 17.1. The number of hydrogen-bond donors (Lipinski definition) is 2. The van der Waals surface area contributed by atoms with Crippen molar-refractivity contribution in [3.05, 3.63) is 65.7 Å². The number of hydrogen-bond acceptors (Lipinski definition) is 5. The maximum atomic E-state index is 13.1. The van der Waals surface area contributed by atoms with E-state index in [1.54, 1.807) is 13.0 Å². The molecule has 158 valence electrons. The van der Waals surface area contributed by atoms with E-state index in [1.807, 2.05) is 49.3 Å². The van der Waals surface area contributed by atoms with Gasteiger partial charge in [0, 0.05) is 30.4 Å². The number of alkyl halides is 3. The predicted molar refractivity (Wildman–Crippen MR) is 114 cm³/mol. The van der Waals surface area contributed by atoms with E-state index in [4.69, 9.17) is 0 Å². The van der Waals surface area contributed by atoms with E-state index in [1.165, 1.54) is 6.07 Å². The van der Waals surface area contributed by atoms with Crippen molar-refractivity contribution in [2.24, 2.45) is 0 Å². The number of benzene rings is 2. The molecule has 0 saturated heterocycles. The molecular weight excluding hydrogens is 391 g/mol. The number of aryl methyl sites for hydroxylation is 1. The molecule has 3 aromatic rings. The number of likely N-dealkylation sites (N-methyl/N-ethyl adjacent to an activating group) is 1. The van der Waals surface area contributed by atoms with E-state index in [9.17, 15) is 13.2 Å². The molecule has 1 heterocycles. The Morgan fingerprint density at radius 2 is 1.70 bits per heavy atom. The molecule has 3 rings (SSSR count). The summed E-state index contributed by atoms with van der Waals surface area (Å²) < 4.78 is 39.4. The minimum absolute atomic E-state index is 0.349. The monoisotopic (exact) mass is 415 g/mol. The molecule has 0 aliphatic carbocycles. The summed E-state index contributed by atoms with van der Waals surface area (Å²) in [6.45, 7) is 3.17. The first-order valence-electron chi connectivity index (χ1n) is 9.50. The fourth-order valence-electron chi connectivity index (χ4n) is 2.81. The molecule has 0 fully saturated rings. The average Bonchev–Trinajstić information content (AvgIpc) is 2.69. The molecule has 0 amide bonds. The number of rotatable bonds is 7. The van der Waals surface area contributed by atoms with Crippen molar-refractivity contribution in [3.8, 4) is 11.3 Å². The maximum Gasteiger partial charge on any atom is 0.416 e. The Hall–Kier alpha value is -3.13. The van der Waals surface area contributed by atoms with Crippen LogP contribution in [-0.4, -0.2) is 42.1 Å². The molecule has 1 aromatic heterocycles. The first kappa shape index (κ1) is 21.6. The summed E-state index contributed by atoms with van der Waals surface area (Å²) in [7, 11) is 3.93. The van der Waals surface area contributed by atoms with Crippen LogP contribution in [0.25, 0.3) is 11.3 Å². The predicted octanol–water partition coefficient (Wildman–Crippen LogP) is 5.19. The van der Waals surface area contributed by atoms with Crippen LogP contribution in [0.1, 0.15) is 11.1 Å². The summed E-state index contributed by atoms with van der Waals surface area (Å²) in [4.78, 5) is 11.0. The van der Waals surface area contributed by atoms with Crippen molar-refractivity contribution in [2.45, 2.75) is 13.1 Å². The van der Waals surface area contributed by atoms with Crippen molar-refractivity contribution < 1.29 is 13.2 Å². The summed E-state index contributed by atoms with van der Waals surface area (Å²) in [5, 5.41) is 6.21. The van der Waals surface area contributed by atoms with Gasteiger partial charge in [0.25, 0.3) is 0 Å². The van der Waals surface area contributed by atoms with Crippen LogP contribution in [0, 0.1) is 6.92 Å². The van der Waals surface area contributed by atoms with Crippen molar-refractivity contribution in [1.29, 1.82) is 0 Å². The standard InChI is InChI=1S/C22H24F3N5/c1-15-9-10-17(22(23,24)25)13-18(15)27-20-14-19(16-7-5-4-6-8-16)28-21(29-20)26-11-12-30(2)3/h4-10,13-14H,11-12H2,1-3H3,(H2,26,27,28,29). The Balaban J connectivity index is 1.95. The molecule has 5 nitrogen and oxygen atoms in total. The Morgan fingerprint density at radius 3 is 2.37 bits per heavy atom. The molecule has 0 spiro atoms. The Bertz CT molecular complexity index is 988. The second kappa shape index (κ2) is 9.13. The van der Waals surface area contributed by atoms with Crippen LogP contribution in [0.5, 0.6) is 0 Å². The minimum atomic E-state index is -4.41. The van der Waals surface area contributed by atoms with E-state index >= 15 is 0 Å². The van der Waals surface area contributed by atoms with Crippen molar-refractivity contribution in [2.75, 3.05) is 37.8 Å². The summed E-state index contributed by atoms with van der Waals surface area (Å²) in [6.07, 6.45) is -4.41. The first-order chi connectivity index (χ1) is 14.2. The van der Waals surface area contributed by atoms with Gasteiger partial charge < -0.3 is 15.5 Å². The molecule has 0 radical (unpaired) electrons. The highest BCUT2D eigenvalue weighted by Crippen LogP contribution is 2.33. The van der Waals surface area contributed by atoms with Crippen LogP contribution in [0.2, 0.25) is 0 Å². The van der Waals surface area contributed by atoms with Gasteiger partial charge in [-0.05, 0) is 38.7 Å². The number of anilines is 3. The van der Waals surface area contributed by atoms with E-state index in [0.29, 0.717) is 35.3 Å². The summed E-state index contributed by atoms with van der Waals surface area (Å²) in [5.41, 5.74) is 1.88. The fourth-order valence-corrected chi connectivity index (χ4v) is 2.81. The number of nitrogens with zero attached hydrogens (tertiary/aromatic N) is 3. The lowest BCUT2D eigenvalue weighted by molar-refractivity contribution is -0.137. The van der Waals surface area contributed by atoms with E-state index < -0.39 is 11.7 Å². The minimum Gasteiger partial charge on any atom is -0.353 e. The van der Waals surface area contributed by atoms with Gasteiger partial charge in [0.15, 0.2) is 0 Å². The van der Waals surface area contributed by atoms with Gasteiger partial charge in [0.2, 0.25) is 5.95 Å². The lowest BCUT2D eigenvalue weighted by atomic mass is 10.1. The molecule has 0 aliphatic rings. The number of aromatic nitrogens is 2. The van der Waals surface area contributed by atoms with E-state index in [0.717, 1.165) is 24.2 Å². The Labute approximate surface area is 174 Å². The quantitative estimate of drug-likeness (QED) is 0.556. The third-order valence-electron chi connectivity index (χ3n) is 4.47. The third kappa shape index (κ3) is 5.70. The van der Waals surface area contributed by atoms with Gasteiger partial charge in [-0.3, -0.25) is 0 Å². The van der Waals surface area contributed by atoms with Gasteiger partial charge in [-0.2, -0.15) is 18.2 Å². The highest BCUT2D eigenvalue weighted by atomic mass is 19.4. The zero-order chi connectivity index (χ0) is 21.7. The number of halogens is 3. The van der Waals surface area contributed by atoms with Crippen molar-refractivity contribution in [3.63, 3.8) is 0 Å². The van der Waals surface area contributed by atoms with E-state index in [2.05, 4.69) is 20.6 Å². The third-order valence-corrected chi connectivity index (χ3v) is 4.47. The molecule has 2 N–H and O–H groups in total. The van der Waals surface area contributed by atoms with Crippen molar-refractivity contribution >= 4 is 17.5 Å². The van der Waals surface area contributed by atoms with Crippen LogP contribution >= 0.6 is 0 Å². The zero-order valence-corrected chi connectivity index (χ0v) is 17.1. The summed E-state index contributed by atoms with van der Waals surface area (Å²) >= 11 is 0. The second-order valence-corrected chi connectivity index (χ2v) is 7.21. The molecule has 0 unspecified atom stereocenters. The largest absolute Gasteiger partial charge is 0.416 e. The van der Waals surface area contributed by atoms with Crippen LogP contribution in [0.15, 0.2) is 54.6 Å². The summed E-state index contributed by atoms with van der Waals surface area (Å²) in [5.74, 6) is 0.823. The normalized spacial score (nSPS) is 11.6. The molecule has 2 aromatic carbocycles. The summed E-state index contributed by atoms with van der Waals surface area (Å²) in [6, 6.07) is 14.9. The van der Waals surface area contributed by atoms with Gasteiger partial charge in [0.05, 0.1) is 11.3 Å². The maximum absolute atomic E-state index is 13.1. The van der Waals surface area contributed by atoms with Gasteiger partial charge in [-0.15, -0.1) is 0 Å². The van der Waals surface area contributed by atoms with Gasteiger partial charge in [-0.25, -0.2) is 4.98 Å². The highest BCUT2D eigenvalue weighted by molar-refractivity contribution is 5.69. The van der Waals surface area contributed by atoms with Gasteiger partial charge in [0.1, 0.15) is 5.82 Å². The van der Waals surface area contributed by atoms with Crippen LogP contribution in [0.3, 0.4) is 0 Å². The Kier molecular flexibility index (Phi) is 6.56. The molecule has 30 heavy (non-hydrogen) atoms. The molecule has 0 aliphatic heterocycles. The SMILES string of the molecule is Cc1ccc(C(F)(F)F)cc1Nc1cc(-c2ccccc2)nc(NCCN(C)C)n1. The molecular formula is C22H24F3N5. The van der Waals surface area contributed by atoms with E-state index in [-0.39, 0.29) is 0 Å².